The zero-order chi connectivity index (χ0) is 18.3. The molecular formula is C19H18FN4O2. The second-order valence-electron chi connectivity index (χ2n) is 6.62. The highest BCUT2D eigenvalue weighted by molar-refractivity contribution is 5.91. The summed E-state index contributed by atoms with van der Waals surface area (Å²) in [4.78, 5) is 31.1. The third-order valence-electron chi connectivity index (χ3n) is 4.69. The van der Waals surface area contributed by atoms with Crippen LogP contribution in [0.15, 0.2) is 35.1 Å². The fourth-order valence-corrected chi connectivity index (χ4v) is 3.37. The Balaban J connectivity index is 1.63. The molecule has 0 unspecified atom stereocenters. The van der Waals surface area contributed by atoms with E-state index in [-0.39, 0.29) is 5.69 Å². The topological polar surface area (TPSA) is 95.0 Å². The van der Waals surface area contributed by atoms with Gasteiger partial charge in [0.1, 0.15) is 11.9 Å². The number of benzene rings is 1. The first-order valence-corrected chi connectivity index (χ1v) is 8.43. The van der Waals surface area contributed by atoms with E-state index < -0.39 is 17.6 Å². The van der Waals surface area contributed by atoms with Crippen LogP contribution in [0.2, 0.25) is 0 Å². The summed E-state index contributed by atoms with van der Waals surface area (Å²) in [7, 11) is 0. The minimum absolute atomic E-state index is 0.0473. The fraction of sp³-hybridized carbons (Fsp3) is 0.263. The number of hydrogen-bond donors (Lipinski definition) is 3. The van der Waals surface area contributed by atoms with Gasteiger partial charge >= 0.3 is 0 Å². The lowest BCUT2D eigenvalue weighted by Crippen LogP contribution is -2.20. The molecule has 0 aliphatic carbocycles. The fourth-order valence-electron chi connectivity index (χ4n) is 3.37. The lowest BCUT2D eigenvalue weighted by molar-refractivity contribution is 0.0995. The van der Waals surface area contributed by atoms with Gasteiger partial charge in [-0.2, -0.15) is 0 Å². The van der Waals surface area contributed by atoms with Gasteiger partial charge in [0.05, 0.1) is 11.3 Å². The second kappa shape index (κ2) is 6.42. The first-order chi connectivity index (χ1) is 12.5. The predicted molar refractivity (Wildman–Crippen MR) is 96.5 cm³/mol. The van der Waals surface area contributed by atoms with Gasteiger partial charge in [-0.25, -0.2) is 4.39 Å². The van der Waals surface area contributed by atoms with Gasteiger partial charge in [-0.05, 0) is 36.2 Å². The molecule has 1 fully saturated rings. The number of alkyl halides is 1. The maximum Gasteiger partial charge on any atom is 0.265 e. The number of aromatic amines is 2. The molecule has 26 heavy (non-hydrogen) atoms. The second-order valence-corrected chi connectivity index (χ2v) is 6.62. The monoisotopic (exact) mass is 353 g/mol. The minimum atomic E-state index is -0.732. The molecule has 0 saturated carbocycles. The number of amides is 1. The van der Waals surface area contributed by atoms with E-state index in [1.165, 1.54) is 6.07 Å². The van der Waals surface area contributed by atoms with Gasteiger partial charge < -0.3 is 15.7 Å². The van der Waals surface area contributed by atoms with Crippen LogP contribution in [0.25, 0.3) is 22.2 Å². The van der Waals surface area contributed by atoms with Crippen LogP contribution in [0.5, 0.6) is 0 Å². The van der Waals surface area contributed by atoms with Gasteiger partial charge in [-0.15, -0.1) is 0 Å². The molecular weight excluding hydrogens is 335 g/mol. The molecule has 133 valence electrons. The lowest BCUT2D eigenvalue weighted by atomic mass is 10.1. The summed E-state index contributed by atoms with van der Waals surface area (Å²) < 4.78 is 13.3. The molecule has 1 aliphatic rings. The number of fused-ring (bicyclic) bond motifs is 1. The van der Waals surface area contributed by atoms with Crippen molar-refractivity contribution in [1.29, 1.82) is 0 Å². The van der Waals surface area contributed by atoms with Crippen LogP contribution < -0.4 is 11.3 Å². The number of halogens is 1. The van der Waals surface area contributed by atoms with Crippen molar-refractivity contribution in [1.82, 2.24) is 14.9 Å². The molecule has 0 bridgehead atoms. The highest BCUT2D eigenvalue weighted by Crippen LogP contribution is 2.24. The number of rotatable bonds is 4. The zero-order valence-electron chi connectivity index (χ0n) is 14.0. The summed E-state index contributed by atoms with van der Waals surface area (Å²) in [5.41, 5.74) is 7.71. The Kier molecular flexibility index (Phi) is 4.08. The molecule has 1 saturated heterocycles. The first kappa shape index (κ1) is 16.5. The molecule has 1 aliphatic heterocycles. The Hall–Kier alpha value is -2.93. The maximum absolute atomic E-state index is 13.3. The van der Waals surface area contributed by atoms with Crippen molar-refractivity contribution in [2.75, 3.05) is 13.1 Å². The molecule has 6 nitrogen and oxygen atoms in total. The molecule has 1 radical (unpaired) electrons. The summed E-state index contributed by atoms with van der Waals surface area (Å²) >= 11 is 0. The van der Waals surface area contributed by atoms with Crippen LogP contribution in [0, 0.1) is 6.07 Å². The summed E-state index contributed by atoms with van der Waals surface area (Å²) in [6.45, 7) is 1.96. The van der Waals surface area contributed by atoms with E-state index in [4.69, 9.17) is 5.73 Å². The van der Waals surface area contributed by atoms with Crippen LogP contribution in [0.1, 0.15) is 22.5 Å². The number of likely N-dealkylation sites (tertiary alicyclic amines) is 1. The van der Waals surface area contributed by atoms with Gasteiger partial charge in [0, 0.05) is 36.6 Å². The number of pyridine rings is 1. The van der Waals surface area contributed by atoms with Crippen LogP contribution >= 0.6 is 0 Å². The largest absolute Gasteiger partial charge is 0.364 e. The van der Waals surface area contributed by atoms with Gasteiger partial charge in [-0.3, -0.25) is 14.5 Å². The average Bonchev–Trinajstić information content (AvgIpc) is 3.20. The van der Waals surface area contributed by atoms with E-state index in [0.717, 1.165) is 23.0 Å². The Morgan fingerprint density at radius 1 is 1.35 bits per heavy atom. The Morgan fingerprint density at radius 3 is 2.88 bits per heavy atom. The molecule has 3 aromatic rings. The number of nitrogens with zero attached hydrogens (tertiary/aromatic N) is 1. The number of nitrogens with one attached hydrogen (secondary N) is 2. The molecule has 4 rings (SSSR count). The Bertz CT molecular complexity index is 1040. The number of primary amides is 1. The van der Waals surface area contributed by atoms with E-state index in [1.807, 2.05) is 24.3 Å². The van der Waals surface area contributed by atoms with E-state index in [9.17, 15) is 14.0 Å². The van der Waals surface area contributed by atoms with Crippen LogP contribution in [0.3, 0.4) is 0 Å². The van der Waals surface area contributed by atoms with Gasteiger partial charge in [0.25, 0.3) is 11.5 Å². The molecule has 1 atom stereocenters. The Morgan fingerprint density at radius 2 is 2.19 bits per heavy atom. The van der Waals surface area contributed by atoms with Crippen molar-refractivity contribution in [2.45, 2.75) is 19.1 Å². The van der Waals surface area contributed by atoms with Crippen molar-refractivity contribution in [3.63, 3.8) is 0 Å². The van der Waals surface area contributed by atoms with Crippen LogP contribution in [-0.2, 0) is 6.54 Å². The number of hydrogen-bond acceptors (Lipinski definition) is 3. The van der Waals surface area contributed by atoms with Crippen molar-refractivity contribution in [2.24, 2.45) is 5.73 Å². The third-order valence-corrected chi connectivity index (χ3v) is 4.69. The lowest BCUT2D eigenvalue weighted by Gasteiger charge is -2.14. The standard InChI is InChI=1S/C19H18FN4O2/c20-13-5-6-24(10-13)9-11-1-3-15-12(7-11)8-17(22-15)14-2-4-16(18(21)25)23-19(14)26/h1-3,7-8,13,22H,5-6,9-10H2,(H2,21,25)(H,23,26)/t13-/m1/s1. The quantitative estimate of drug-likeness (QED) is 0.669. The molecule has 1 aromatic carbocycles. The van der Waals surface area contributed by atoms with E-state index in [1.54, 1.807) is 0 Å². The SMILES string of the molecule is NC(=O)c1[c]cc(-c2cc3cc(CN4CC[C@@H](F)C4)ccc3[nH]2)c(=O)[nH]1. The summed E-state index contributed by atoms with van der Waals surface area (Å²) in [6, 6.07) is 12.0. The number of H-pyrrole nitrogens is 2. The molecule has 3 heterocycles. The number of aromatic nitrogens is 2. The Labute approximate surface area is 148 Å². The van der Waals surface area contributed by atoms with Crippen molar-refractivity contribution in [3.8, 4) is 11.3 Å². The molecule has 0 spiro atoms. The maximum atomic E-state index is 13.3. The zero-order valence-corrected chi connectivity index (χ0v) is 14.0. The van der Waals surface area contributed by atoms with E-state index >= 15 is 0 Å². The summed E-state index contributed by atoms with van der Waals surface area (Å²) in [5.74, 6) is -0.729. The third kappa shape index (κ3) is 3.13. The van der Waals surface area contributed by atoms with Crippen LogP contribution in [-0.4, -0.2) is 40.0 Å². The predicted octanol–water partition coefficient (Wildman–Crippen LogP) is 1.97. The molecule has 2 aromatic heterocycles. The number of carbonyl (C=O) groups is 1. The molecule has 4 N–H and O–H groups in total. The van der Waals surface area contributed by atoms with Crippen molar-refractivity contribution < 1.29 is 9.18 Å². The van der Waals surface area contributed by atoms with Crippen molar-refractivity contribution >= 4 is 16.8 Å². The highest BCUT2D eigenvalue weighted by Gasteiger charge is 2.21. The molecule has 7 heteroatoms. The van der Waals surface area contributed by atoms with E-state index in [2.05, 4.69) is 20.9 Å². The smallest absolute Gasteiger partial charge is 0.265 e. The molecule has 1 amide bonds. The number of nitrogens with two attached hydrogens (primary N) is 1. The van der Waals surface area contributed by atoms with Gasteiger partial charge in [-0.1, -0.05) is 6.07 Å². The van der Waals surface area contributed by atoms with Crippen LogP contribution in [0.4, 0.5) is 4.39 Å². The highest BCUT2D eigenvalue weighted by atomic mass is 19.1. The first-order valence-electron chi connectivity index (χ1n) is 8.43. The van der Waals surface area contributed by atoms with Crippen molar-refractivity contribution in [3.05, 3.63) is 58.0 Å². The van der Waals surface area contributed by atoms with E-state index in [0.29, 0.717) is 30.8 Å². The number of carbonyl (C=O) groups excluding carboxylic acids is 1. The van der Waals surface area contributed by atoms with Gasteiger partial charge in [0.2, 0.25) is 0 Å². The summed E-state index contributed by atoms with van der Waals surface area (Å²) in [5, 5.41) is 0.965. The average molecular weight is 353 g/mol. The summed E-state index contributed by atoms with van der Waals surface area (Å²) in [6.07, 6.45) is -0.138. The van der Waals surface area contributed by atoms with Gasteiger partial charge in [0.15, 0.2) is 0 Å². The normalized spacial score (nSPS) is 17.8. The minimum Gasteiger partial charge on any atom is -0.364 e.